The van der Waals surface area contributed by atoms with E-state index in [0.717, 1.165) is 17.7 Å². The summed E-state index contributed by atoms with van der Waals surface area (Å²) in [6.07, 6.45) is 5.31. The summed E-state index contributed by atoms with van der Waals surface area (Å²) in [5.74, 6) is 0.910. The number of ether oxygens (including phenoxy) is 1. The molecule has 0 amide bonds. The molecule has 0 aliphatic heterocycles. The van der Waals surface area contributed by atoms with E-state index in [1.165, 1.54) is 27.1 Å². The Kier molecular flexibility index (Phi) is 4.22. The summed E-state index contributed by atoms with van der Waals surface area (Å²) in [7, 11) is 1.73. The standard InChI is InChI=1S/C24H20O/c1-25-24-17-16-20-9-3-5-14-22(20)23(24)15-7-12-19-11-6-10-18-8-2-4-13-21(18)19/h2-11,13-17H,12H2,1H3/b15-7-. The number of allylic oxidation sites excluding steroid dienone is 1. The van der Waals surface area contributed by atoms with Gasteiger partial charge in [0.25, 0.3) is 0 Å². The average Bonchev–Trinajstić information content (AvgIpc) is 2.68. The van der Waals surface area contributed by atoms with Crippen molar-refractivity contribution in [3.63, 3.8) is 0 Å². The second-order valence-electron chi connectivity index (χ2n) is 6.15. The molecule has 0 N–H and O–H groups in total. The van der Waals surface area contributed by atoms with Gasteiger partial charge < -0.3 is 4.74 Å². The Morgan fingerprint density at radius 3 is 2.20 bits per heavy atom. The summed E-state index contributed by atoms with van der Waals surface area (Å²) in [6.45, 7) is 0. The van der Waals surface area contributed by atoms with Crippen molar-refractivity contribution >= 4 is 27.6 Å². The number of rotatable bonds is 4. The van der Waals surface area contributed by atoms with Crippen LogP contribution in [0.25, 0.3) is 27.6 Å². The lowest BCUT2D eigenvalue weighted by molar-refractivity contribution is 0.414. The van der Waals surface area contributed by atoms with Crippen LogP contribution in [-0.2, 0) is 6.42 Å². The summed E-state index contributed by atoms with van der Waals surface area (Å²) in [4.78, 5) is 0. The van der Waals surface area contributed by atoms with Crippen LogP contribution in [0.4, 0.5) is 0 Å². The first-order chi connectivity index (χ1) is 12.4. The molecule has 4 rings (SSSR count). The molecule has 0 heterocycles. The highest BCUT2D eigenvalue weighted by molar-refractivity contribution is 5.93. The Bertz CT molecular complexity index is 1050. The molecule has 0 fully saturated rings. The number of fused-ring (bicyclic) bond motifs is 2. The predicted molar refractivity (Wildman–Crippen MR) is 107 cm³/mol. The van der Waals surface area contributed by atoms with E-state index >= 15 is 0 Å². The van der Waals surface area contributed by atoms with Crippen molar-refractivity contribution in [3.05, 3.63) is 96.1 Å². The van der Waals surface area contributed by atoms with Gasteiger partial charge in [0.15, 0.2) is 0 Å². The summed E-state index contributed by atoms with van der Waals surface area (Å²) < 4.78 is 5.58. The van der Waals surface area contributed by atoms with Crippen molar-refractivity contribution < 1.29 is 4.74 Å². The van der Waals surface area contributed by atoms with Gasteiger partial charge in [-0.1, -0.05) is 84.9 Å². The highest BCUT2D eigenvalue weighted by atomic mass is 16.5. The normalized spacial score (nSPS) is 11.4. The smallest absolute Gasteiger partial charge is 0.126 e. The van der Waals surface area contributed by atoms with Crippen LogP contribution < -0.4 is 4.74 Å². The van der Waals surface area contributed by atoms with Gasteiger partial charge in [-0.05, 0) is 39.6 Å². The zero-order valence-electron chi connectivity index (χ0n) is 14.3. The maximum Gasteiger partial charge on any atom is 0.126 e. The van der Waals surface area contributed by atoms with Crippen LogP contribution in [0.15, 0.2) is 84.9 Å². The molecule has 0 aliphatic carbocycles. The molecule has 0 unspecified atom stereocenters. The summed E-state index contributed by atoms with van der Waals surface area (Å²) in [5, 5.41) is 5.06. The molecule has 122 valence electrons. The van der Waals surface area contributed by atoms with E-state index in [-0.39, 0.29) is 0 Å². The third kappa shape index (κ3) is 3.01. The molecule has 25 heavy (non-hydrogen) atoms. The summed E-state index contributed by atoms with van der Waals surface area (Å²) in [5.41, 5.74) is 2.48. The van der Waals surface area contributed by atoms with E-state index in [1.807, 2.05) is 6.07 Å². The maximum atomic E-state index is 5.58. The van der Waals surface area contributed by atoms with E-state index in [4.69, 9.17) is 4.74 Å². The first-order valence-corrected chi connectivity index (χ1v) is 8.56. The van der Waals surface area contributed by atoms with E-state index in [1.54, 1.807) is 7.11 Å². The molecular weight excluding hydrogens is 304 g/mol. The Balaban J connectivity index is 1.71. The second-order valence-corrected chi connectivity index (χ2v) is 6.15. The zero-order valence-corrected chi connectivity index (χ0v) is 14.3. The van der Waals surface area contributed by atoms with Crippen molar-refractivity contribution in [1.29, 1.82) is 0 Å². The number of benzene rings is 4. The van der Waals surface area contributed by atoms with E-state index in [2.05, 4.69) is 84.9 Å². The maximum absolute atomic E-state index is 5.58. The van der Waals surface area contributed by atoms with Gasteiger partial charge in [0.05, 0.1) is 7.11 Å². The number of methoxy groups -OCH3 is 1. The van der Waals surface area contributed by atoms with E-state index in [9.17, 15) is 0 Å². The first-order valence-electron chi connectivity index (χ1n) is 8.56. The fourth-order valence-corrected chi connectivity index (χ4v) is 3.40. The molecule has 0 saturated carbocycles. The molecule has 0 bridgehead atoms. The lowest BCUT2D eigenvalue weighted by Crippen LogP contribution is -1.89. The van der Waals surface area contributed by atoms with Crippen molar-refractivity contribution in [2.75, 3.05) is 7.11 Å². The van der Waals surface area contributed by atoms with E-state index < -0.39 is 0 Å². The van der Waals surface area contributed by atoms with Crippen LogP contribution in [0.5, 0.6) is 5.75 Å². The van der Waals surface area contributed by atoms with Gasteiger partial charge in [0.1, 0.15) is 5.75 Å². The van der Waals surface area contributed by atoms with Crippen LogP contribution in [0.1, 0.15) is 11.1 Å². The minimum atomic E-state index is 0.897. The lowest BCUT2D eigenvalue weighted by atomic mass is 10.00. The summed E-state index contributed by atoms with van der Waals surface area (Å²) in [6, 6.07) is 27.6. The molecule has 4 aromatic rings. The molecule has 0 atom stereocenters. The van der Waals surface area contributed by atoms with Crippen LogP contribution in [-0.4, -0.2) is 7.11 Å². The molecular formula is C24H20O. The molecule has 1 nitrogen and oxygen atoms in total. The largest absolute Gasteiger partial charge is 0.496 e. The van der Waals surface area contributed by atoms with E-state index in [0.29, 0.717) is 0 Å². The SMILES string of the molecule is COc1ccc2ccccc2c1/C=C\Cc1cccc2ccccc12. The fourth-order valence-electron chi connectivity index (χ4n) is 3.40. The van der Waals surface area contributed by atoms with Gasteiger partial charge in [-0.15, -0.1) is 0 Å². The quantitative estimate of drug-likeness (QED) is 0.430. The highest BCUT2D eigenvalue weighted by Gasteiger charge is 2.05. The highest BCUT2D eigenvalue weighted by Crippen LogP contribution is 2.29. The van der Waals surface area contributed by atoms with Crippen LogP contribution in [0.3, 0.4) is 0 Å². The molecule has 0 aliphatic rings. The van der Waals surface area contributed by atoms with Crippen molar-refractivity contribution in [3.8, 4) is 5.75 Å². The van der Waals surface area contributed by atoms with Gasteiger partial charge in [0.2, 0.25) is 0 Å². The molecule has 0 aromatic heterocycles. The molecule has 1 heteroatoms. The second kappa shape index (κ2) is 6.82. The zero-order chi connectivity index (χ0) is 17.1. The van der Waals surface area contributed by atoms with Crippen molar-refractivity contribution in [1.82, 2.24) is 0 Å². The Hall–Kier alpha value is -3.06. The third-order valence-corrected chi connectivity index (χ3v) is 4.65. The minimum Gasteiger partial charge on any atom is -0.496 e. The minimum absolute atomic E-state index is 0.897. The van der Waals surface area contributed by atoms with Gasteiger partial charge >= 0.3 is 0 Å². The number of hydrogen-bond acceptors (Lipinski definition) is 1. The Morgan fingerprint density at radius 2 is 1.40 bits per heavy atom. The molecule has 4 aromatic carbocycles. The van der Waals surface area contributed by atoms with Crippen LogP contribution in [0.2, 0.25) is 0 Å². The average molecular weight is 324 g/mol. The van der Waals surface area contributed by atoms with Gasteiger partial charge in [-0.3, -0.25) is 0 Å². The predicted octanol–water partition coefficient (Wildman–Crippen LogP) is 6.26. The molecule has 0 radical (unpaired) electrons. The lowest BCUT2D eigenvalue weighted by Gasteiger charge is -2.09. The van der Waals surface area contributed by atoms with Crippen LogP contribution >= 0.6 is 0 Å². The van der Waals surface area contributed by atoms with Crippen molar-refractivity contribution in [2.24, 2.45) is 0 Å². The van der Waals surface area contributed by atoms with Gasteiger partial charge in [-0.2, -0.15) is 0 Å². The fraction of sp³-hybridized carbons (Fsp3) is 0.0833. The van der Waals surface area contributed by atoms with Gasteiger partial charge in [0, 0.05) is 5.56 Å². The van der Waals surface area contributed by atoms with Crippen LogP contribution in [0, 0.1) is 0 Å². The number of hydrogen-bond donors (Lipinski definition) is 0. The van der Waals surface area contributed by atoms with Gasteiger partial charge in [-0.25, -0.2) is 0 Å². The third-order valence-electron chi connectivity index (χ3n) is 4.65. The summed E-state index contributed by atoms with van der Waals surface area (Å²) >= 11 is 0. The Labute approximate surface area is 148 Å². The molecule has 0 saturated heterocycles. The monoisotopic (exact) mass is 324 g/mol. The first kappa shape index (κ1) is 15.5. The Morgan fingerprint density at radius 1 is 0.720 bits per heavy atom. The molecule has 0 spiro atoms. The topological polar surface area (TPSA) is 9.23 Å². The van der Waals surface area contributed by atoms with Crippen molar-refractivity contribution in [2.45, 2.75) is 6.42 Å².